The average Bonchev–Trinajstić information content (AvgIpc) is 3.76. The van der Waals surface area contributed by atoms with Crippen LogP contribution in [0.3, 0.4) is 0 Å². The summed E-state index contributed by atoms with van der Waals surface area (Å²) in [6.07, 6.45) is 31.1. The van der Waals surface area contributed by atoms with E-state index in [4.69, 9.17) is 14.2 Å². The number of morpholine rings is 1. The van der Waals surface area contributed by atoms with E-state index in [2.05, 4.69) is 77.9 Å². The summed E-state index contributed by atoms with van der Waals surface area (Å²) in [5, 5.41) is 16.1. The Morgan fingerprint density at radius 1 is 0.758 bits per heavy atom. The van der Waals surface area contributed by atoms with Crippen molar-refractivity contribution >= 4 is 39.1 Å². The summed E-state index contributed by atoms with van der Waals surface area (Å²) in [7, 11) is 0. The number of phenols is 1. The second-order valence-corrected chi connectivity index (χ2v) is 15.8. The molecule has 1 aliphatic rings. The number of Topliss-reactive ketones (excluding diaryl/α,β-unsaturated/α-hetero) is 1. The Labute approximate surface area is 370 Å². The molecule has 3 aromatic carbocycles. The van der Waals surface area contributed by atoms with Gasteiger partial charge in [0.1, 0.15) is 23.9 Å². The van der Waals surface area contributed by atoms with Crippen LogP contribution in [0.2, 0.25) is 0 Å². The number of esters is 1. The van der Waals surface area contributed by atoms with Crippen molar-refractivity contribution in [3.8, 4) is 17.2 Å². The van der Waals surface area contributed by atoms with E-state index in [9.17, 15) is 19.5 Å². The van der Waals surface area contributed by atoms with Gasteiger partial charge in [0.15, 0.2) is 11.3 Å². The first-order chi connectivity index (χ1) is 30.4. The Morgan fingerprint density at radius 3 is 1.98 bits per heavy atom. The number of fused-ring (bicyclic) bond motifs is 1. The zero-order valence-electron chi connectivity index (χ0n) is 35.8. The van der Waals surface area contributed by atoms with Crippen LogP contribution in [-0.2, 0) is 19.9 Å². The van der Waals surface area contributed by atoms with Crippen molar-refractivity contribution in [1.82, 2.24) is 10.2 Å². The molecule has 0 radical (unpaired) electrons. The van der Waals surface area contributed by atoms with Crippen LogP contribution in [0.5, 0.6) is 17.2 Å². The summed E-state index contributed by atoms with van der Waals surface area (Å²) >= 11 is 1.51. The van der Waals surface area contributed by atoms with E-state index in [1.807, 2.05) is 29.7 Å². The molecule has 0 bridgehead atoms. The molecule has 5 rings (SSSR count). The molecule has 4 aromatic rings. The SMILES string of the molecule is CC/C=C\C/C=C\C/C=C\C/C=C\C/C=C\C/C=C\CCC(=O)N[C@](CC(=O)c1ccc(OCCN2CCOCC2)cc1)(C(=O)Oc1ccc2ccsc2c1)c1ccc(O)cc1. The molecule has 0 saturated carbocycles. The fourth-order valence-electron chi connectivity index (χ4n) is 6.75. The Hall–Kier alpha value is -5.81. The van der Waals surface area contributed by atoms with E-state index in [1.54, 1.807) is 36.4 Å². The molecular weight excluding hydrogens is 797 g/mol. The minimum absolute atomic E-state index is 0.0290. The van der Waals surface area contributed by atoms with Crippen molar-refractivity contribution in [2.45, 2.75) is 70.3 Å². The van der Waals surface area contributed by atoms with Crippen molar-refractivity contribution in [3.05, 3.63) is 162 Å². The molecular formula is C52H60N2O7S. The van der Waals surface area contributed by atoms with Crippen LogP contribution in [0.25, 0.3) is 10.1 Å². The van der Waals surface area contributed by atoms with E-state index in [0.717, 1.165) is 68.2 Å². The number of benzene rings is 3. The molecule has 1 fully saturated rings. The van der Waals surface area contributed by atoms with Crippen molar-refractivity contribution in [2.75, 3.05) is 39.5 Å². The first kappa shape index (κ1) is 47.2. The summed E-state index contributed by atoms with van der Waals surface area (Å²) in [6.45, 7) is 6.55. The quantitative estimate of drug-likeness (QED) is 0.0293. The van der Waals surface area contributed by atoms with Gasteiger partial charge in [-0.25, -0.2) is 4.79 Å². The Kier molecular flexibility index (Phi) is 20.2. The Balaban J connectivity index is 1.20. The van der Waals surface area contributed by atoms with Gasteiger partial charge in [0, 0.05) is 42.7 Å². The molecule has 2 N–H and O–H groups in total. The predicted molar refractivity (Wildman–Crippen MR) is 251 cm³/mol. The number of amides is 1. The largest absolute Gasteiger partial charge is 0.508 e. The van der Waals surface area contributed by atoms with Crippen molar-refractivity contribution < 1.29 is 33.7 Å². The van der Waals surface area contributed by atoms with E-state index in [1.165, 1.54) is 35.6 Å². The van der Waals surface area contributed by atoms with Gasteiger partial charge in [-0.3, -0.25) is 14.5 Å². The monoisotopic (exact) mass is 856 g/mol. The number of carbonyl (C=O) groups excluding carboxylic acids is 3. The van der Waals surface area contributed by atoms with Crippen LogP contribution < -0.4 is 14.8 Å². The maximum atomic E-state index is 14.5. The third kappa shape index (κ3) is 15.9. The number of nitrogens with zero attached hydrogens (tertiary/aromatic N) is 1. The highest BCUT2D eigenvalue weighted by atomic mass is 32.1. The topological polar surface area (TPSA) is 114 Å². The zero-order valence-corrected chi connectivity index (χ0v) is 36.6. The number of carbonyl (C=O) groups is 3. The van der Waals surface area contributed by atoms with Gasteiger partial charge in [0.25, 0.3) is 0 Å². The van der Waals surface area contributed by atoms with Gasteiger partial charge >= 0.3 is 5.97 Å². The lowest BCUT2D eigenvalue weighted by molar-refractivity contribution is -0.145. The third-order valence-electron chi connectivity index (χ3n) is 10.2. The van der Waals surface area contributed by atoms with Crippen molar-refractivity contribution in [2.24, 2.45) is 0 Å². The molecule has 62 heavy (non-hydrogen) atoms. The van der Waals surface area contributed by atoms with Gasteiger partial charge in [-0.2, -0.15) is 0 Å². The van der Waals surface area contributed by atoms with Gasteiger partial charge in [0.05, 0.1) is 13.2 Å². The van der Waals surface area contributed by atoms with Gasteiger partial charge in [-0.05, 0) is 122 Å². The number of ether oxygens (including phenoxy) is 3. The predicted octanol–water partition coefficient (Wildman–Crippen LogP) is 11.0. The molecule has 0 spiro atoms. The molecule has 326 valence electrons. The van der Waals surface area contributed by atoms with E-state index >= 15 is 0 Å². The summed E-state index contributed by atoms with van der Waals surface area (Å²) in [5.41, 5.74) is -1.28. The fraction of sp³-hybridized carbons (Fsp3) is 0.327. The first-order valence-electron chi connectivity index (χ1n) is 21.6. The molecule has 1 amide bonds. The number of hydrogen-bond acceptors (Lipinski definition) is 9. The normalized spacial score (nSPS) is 14.9. The Morgan fingerprint density at radius 2 is 1.35 bits per heavy atom. The van der Waals surface area contributed by atoms with Gasteiger partial charge in [-0.1, -0.05) is 92.0 Å². The number of aromatic hydroxyl groups is 1. The lowest BCUT2D eigenvalue weighted by atomic mass is 9.83. The molecule has 1 atom stereocenters. The minimum Gasteiger partial charge on any atom is -0.508 e. The van der Waals surface area contributed by atoms with Gasteiger partial charge in [-0.15, -0.1) is 11.3 Å². The lowest BCUT2D eigenvalue weighted by Gasteiger charge is -2.32. The summed E-state index contributed by atoms with van der Waals surface area (Å²) in [5.74, 6) is -0.769. The minimum atomic E-state index is -1.92. The van der Waals surface area contributed by atoms with Crippen LogP contribution in [0, 0.1) is 0 Å². The highest BCUT2D eigenvalue weighted by Gasteiger charge is 2.46. The van der Waals surface area contributed by atoms with Crippen molar-refractivity contribution in [3.63, 3.8) is 0 Å². The molecule has 0 aliphatic carbocycles. The molecule has 1 aliphatic heterocycles. The smallest absolute Gasteiger partial charge is 0.342 e. The number of hydrogen-bond donors (Lipinski definition) is 2. The average molecular weight is 857 g/mol. The standard InChI is InChI=1S/C52H60N2O7S/c1-2-3-4-5-6-7-8-9-10-11-12-13-14-15-16-17-18-19-20-21-50(57)53-52(44-25-27-45(55)28-26-44,51(58)61-47-31-24-43-32-39-62-49(43)40-47)41-48(56)42-22-29-46(30-23-42)60-38-35-54-33-36-59-37-34-54/h3-4,6-7,9-10,12-13,15-16,18-19,22-32,39-40,55H,2,5,8,11,14,17,20-21,33-38,41H2,1H3,(H,53,57)/b4-3-,7-6-,10-9-,13-12-,16-15-,19-18-/t52-/m0/s1. The maximum Gasteiger partial charge on any atom is 0.342 e. The lowest BCUT2D eigenvalue weighted by Crippen LogP contribution is -2.54. The fourth-order valence-corrected chi connectivity index (χ4v) is 7.57. The van der Waals surface area contributed by atoms with E-state index in [-0.39, 0.29) is 23.7 Å². The van der Waals surface area contributed by atoms with Crippen molar-refractivity contribution in [1.29, 1.82) is 0 Å². The molecule has 2 heterocycles. The molecule has 1 aromatic heterocycles. The summed E-state index contributed by atoms with van der Waals surface area (Å²) in [6, 6.07) is 20.0. The molecule has 1 saturated heterocycles. The molecule has 9 nitrogen and oxygen atoms in total. The summed E-state index contributed by atoms with van der Waals surface area (Å²) in [4.78, 5) is 44.8. The Bertz CT molecular complexity index is 2180. The van der Waals surface area contributed by atoms with E-state index < -0.39 is 23.8 Å². The molecule has 10 heteroatoms. The van der Waals surface area contributed by atoms with Crippen LogP contribution in [0.1, 0.15) is 80.6 Å². The van der Waals surface area contributed by atoms with E-state index in [0.29, 0.717) is 43.1 Å². The number of rotatable bonds is 25. The maximum absolute atomic E-state index is 14.5. The highest BCUT2D eigenvalue weighted by Crippen LogP contribution is 2.33. The van der Waals surface area contributed by atoms with Crippen LogP contribution in [0.15, 0.2) is 151 Å². The van der Waals surface area contributed by atoms with Crippen LogP contribution in [-0.4, -0.2) is 67.1 Å². The second kappa shape index (κ2) is 26.5. The zero-order chi connectivity index (χ0) is 43.7. The number of ketones is 1. The highest BCUT2D eigenvalue weighted by molar-refractivity contribution is 7.17. The number of thiophene rings is 1. The summed E-state index contributed by atoms with van der Waals surface area (Å²) < 4.78 is 18.3. The number of phenolic OH excluding ortho intramolecular Hbond substituents is 1. The van der Waals surface area contributed by atoms with Gasteiger partial charge in [0.2, 0.25) is 5.91 Å². The van der Waals surface area contributed by atoms with Crippen LogP contribution in [0.4, 0.5) is 0 Å². The van der Waals surface area contributed by atoms with Gasteiger partial charge < -0.3 is 24.6 Å². The molecule has 0 unspecified atom stereocenters. The second-order valence-electron chi connectivity index (χ2n) is 14.9. The van der Waals surface area contributed by atoms with Crippen LogP contribution >= 0.6 is 11.3 Å². The first-order valence-corrected chi connectivity index (χ1v) is 22.5. The third-order valence-corrected chi connectivity index (χ3v) is 11.1. The number of allylic oxidation sites excluding steroid dienone is 12. The number of nitrogens with one attached hydrogen (secondary N) is 1.